The van der Waals surface area contributed by atoms with Crippen molar-refractivity contribution in [2.75, 3.05) is 0 Å². The van der Waals surface area contributed by atoms with Gasteiger partial charge >= 0.3 is 5.97 Å². The van der Waals surface area contributed by atoms with Gasteiger partial charge in [-0.25, -0.2) is 9.78 Å². The molecule has 2 aromatic heterocycles. The number of nitrogens with zero attached hydrogens (tertiary/aromatic N) is 3. The Morgan fingerprint density at radius 3 is 2.94 bits per heavy atom. The minimum atomic E-state index is -0.980. The highest BCUT2D eigenvalue weighted by Gasteiger charge is 2.17. The average molecular weight is 251 g/mol. The first-order valence-electron chi connectivity index (χ1n) is 5.36. The fourth-order valence-corrected chi connectivity index (χ4v) is 2.54. The van der Waals surface area contributed by atoms with Crippen molar-refractivity contribution in [1.82, 2.24) is 14.8 Å². The second-order valence-corrected chi connectivity index (χ2v) is 4.87. The summed E-state index contributed by atoms with van der Waals surface area (Å²) in [5, 5.41) is 13.9. The van der Waals surface area contributed by atoms with Gasteiger partial charge in [-0.3, -0.25) is 4.68 Å². The minimum Gasteiger partial charge on any atom is -0.476 e. The summed E-state index contributed by atoms with van der Waals surface area (Å²) in [4.78, 5) is 15.8. The van der Waals surface area contributed by atoms with Crippen molar-refractivity contribution in [1.29, 1.82) is 0 Å². The Morgan fingerprint density at radius 1 is 1.59 bits per heavy atom. The van der Waals surface area contributed by atoms with Crippen LogP contribution in [0, 0.1) is 6.92 Å². The number of aromatic carboxylic acids is 1. The molecule has 1 N–H and O–H groups in total. The molecule has 0 aliphatic carbocycles. The number of carboxylic acids is 1. The third-order valence-electron chi connectivity index (χ3n) is 2.37. The van der Waals surface area contributed by atoms with Gasteiger partial charge in [-0.05, 0) is 19.4 Å². The molecule has 5 nitrogen and oxygen atoms in total. The Labute approximate surface area is 103 Å². The molecule has 2 aromatic rings. The van der Waals surface area contributed by atoms with Crippen LogP contribution in [0.2, 0.25) is 0 Å². The van der Waals surface area contributed by atoms with Crippen molar-refractivity contribution in [3.05, 3.63) is 22.8 Å². The summed E-state index contributed by atoms with van der Waals surface area (Å²) >= 11 is 1.39. The Hall–Kier alpha value is -1.69. The minimum absolute atomic E-state index is 0.134. The van der Waals surface area contributed by atoms with Crippen LogP contribution >= 0.6 is 11.3 Å². The molecule has 0 atom stereocenters. The van der Waals surface area contributed by atoms with E-state index in [1.165, 1.54) is 11.3 Å². The van der Waals surface area contributed by atoms with Crippen molar-refractivity contribution >= 4 is 17.3 Å². The van der Waals surface area contributed by atoms with Gasteiger partial charge in [0, 0.05) is 17.6 Å². The second-order valence-electron chi connectivity index (χ2n) is 3.67. The van der Waals surface area contributed by atoms with Crippen LogP contribution < -0.4 is 0 Å². The molecule has 0 fully saturated rings. The van der Waals surface area contributed by atoms with Crippen LogP contribution in [0.5, 0.6) is 0 Å². The quantitative estimate of drug-likeness (QED) is 0.906. The lowest BCUT2D eigenvalue weighted by molar-refractivity contribution is 0.0690. The topological polar surface area (TPSA) is 68.0 Å². The number of aryl methyl sites for hydroxylation is 2. The summed E-state index contributed by atoms with van der Waals surface area (Å²) in [7, 11) is 0. The molecule has 17 heavy (non-hydrogen) atoms. The van der Waals surface area contributed by atoms with Gasteiger partial charge in [0.05, 0.1) is 5.69 Å². The molecule has 0 aliphatic heterocycles. The van der Waals surface area contributed by atoms with Crippen LogP contribution in [0.1, 0.15) is 28.7 Å². The van der Waals surface area contributed by atoms with E-state index in [1.54, 1.807) is 13.1 Å². The third kappa shape index (κ3) is 2.21. The lowest BCUT2D eigenvalue weighted by atomic mass is 10.4. The third-order valence-corrected chi connectivity index (χ3v) is 3.36. The molecule has 0 saturated carbocycles. The summed E-state index contributed by atoms with van der Waals surface area (Å²) in [6, 6.07) is 1.86. The zero-order chi connectivity index (χ0) is 12.4. The predicted octanol–water partition coefficient (Wildman–Crippen LogP) is 2.42. The summed E-state index contributed by atoms with van der Waals surface area (Å²) in [6.07, 6.45) is 2.69. The molecule has 6 heteroatoms. The van der Waals surface area contributed by atoms with Gasteiger partial charge in [0.15, 0.2) is 5.69 Å². The Bertz CT molecular complexity index is 545. The van der Waals surface area contributed by atoms with Crippen molar-refractivity contribution in [3.8, 4) is 10.7 Å². The van der Waals surface area contributed by atoms with E-state index in [1.807, 2.05) is 10.7 Å². The lowest BCUT2D eigenvalue weighted by Crippen LogP contribution is -2.02. The summed E-state index contributed by atoms with van der Waals surface area (Å²) in [5.74, 6) is -0.980. The molecule has 0 amide bonds. The van der Waals surface area contributed by atoms with Crippen LogP contribution in [0.15, 0.2) is 12.3 Å². The SMILES string of the molecule is CCCn1nccc1-c1nc(C(=O)O)c(C)s1. The standard InChI is InChI=1S/C11H13N3O2S/c1-3-6-14-8(4-5-12-14)10-13-9(11(15)16)7(2)17-10/h4-5H,3,6H2,1-2H3,(H,15,16). The summed E-state index contributed by atoms with van der Waals surface area (Å²) in [6.45, 7) is 4.65. The van der Waals surface area contributed by atoms with Gasteiger partial charge in [-0.2, -0.15) is 5.10 Å². The molecule has 0 saturated heterocycles. The smallest absolute Gasteiger partial charge is 0.355 e. The van der Waals surface area contributed by atoms with Crippen LogP contribution in [-0.2, 0) is 6.54 Å². The van der Waals surface area contributed by atoms with Crippen LogP contribution in [-0.4, -0.2) is 25.8 Å². The molecule has 0 aromatic carbocycles. The Kier molecular flexibility index (Phi) is 3.23. The van der Waals surface area contributed by atoms with Crippen LogP contribution in [0.4, 0.5) is 0 Å². The van der Waals surface area contributed by atoms with E-state index >= 15 is 0 Å². The van der Waals surface area contributed by atoms with Crippen molar-refractivity contribution in [3.63, 3.8) is 0 Å². The van der Waals surface area contributed by atoms with Gasteiger partial charge in [0.2, 0.25) is 0 Å². The van der Waals surface area contributed by atoms with Crippen LogP contribution in [0.25, 0.3) is 10.7 Å². The predicted molar refractivity (Wildman–Crippen MR) is 65.3 cm³/mol. The van der Waals surface area contributed by atoms with E-state index in [-0.39, 0.29) is 5.69 Å². The number of carboxylic acid groups (broad SMARTS) is 1. The fraction of sp³-hybridized carbons (Fsp3) is 0.364. The first kappa shape index (κ1) is 11.8. The second kappa shape index (κ2) is 4.67. The van der Waals surface area contributed by atoms with Gasteiger partial charge in [-0.15, -0.1) is 11.3 Å². The van der Waals surface area contributed by atoms with Crippen molar-refractivity contribution in [2.24, 2.45) is 0 Å². The monoisotopic (exact) mass is 251 g/mol. The van der Waals surface area contributed by atoms with Crippen molar-refractivity contribution in [2.45, 2.75) is 26.8 Å². The van der Waals surface area contributed by atoms with E-state index in [0.717, 1.165) is 23.5 Å². The van der Waals surface area contributed by atoms with Gasteiger partial charge in [-0.1, -0.05) is 6.92 Å². The number of thiazole rings is 1. The molecule has 0 aliphatic rings. The molecule has 2 heterocycles. The summed E-state index contributed by atoms with van der Waals surface area (Å²) in [5.41, 5.74) is 1.02. The molecule has 0 radical (unpaired) electrons. The lowest BCUT2D eigenvalue weighted by Gasteiger charge is -2.02. The number of hydrogen-bond acceptors (Lipinski definition) is 4. The molecule has 0 bridgehead atoms. The zero-order valence-electron chi connectivity index (χ0n) is 9.67. The highest BCUT2D eigenvalue weighted by atomic mass is 32.1. The van der Waals surface area contributed by atoms with E-state index < -0.39 is 5.97 Å². The highest BCUT2D eigenvalue weighted by molar-refractivity contribution is 7.15. The average Bonchev–Trinajstić information content (AvgIpc) is 2.84. The van der Waals surface area contributed by atoms with E-state index in [9.17, 15) is 4.79 Å². The van der Waals surface area contributed by atoms with Crippen molar-refractivity contribution < 1.29 is 9.90 Å². The Balaban J connectivity index is 2.42. The van der Waals surface area contributed by atoms with Gasteiger partial charge in [0.25, 0.3) is 0 Å². The highest BCUT2D eigenvalue weighted by Crippen LogP contribution is 2.27. The van der Waals surface area contributed by atoms with E-state index in [2.05, 4.69) is 17.0 Å². The molecule has 0 spiro atoms. The maximum atomic E-state index is 10.9. The largest absolute Gasteiger partial charge is 0.476 e. The number of rotatable bonds is 4. The van der Waals surface area contributed by atoms with Gasteiger partial charge in [0.1, 0.15) is 5.01 Å². The van der Waals surface area contributed by atoms with E-state index in [4.69, 9.17) is 5.11 Å². The van der Waals surface area contributed by atoms with Crippen LogP contribution in [0.3, 0.4) is 0 Å². The first-order valence-corrected chi connectivity index (χ1v) is 6.18. The number of carbonyl (C=O) groups is 1. The maximum absolute atomic E-state index is 10.9. The molecule has 90 valence electrons. The fourth-order valence-electron chi connectivity index (χ4n) is 1.61. The van der Waals surface area contributed by atoms with E-state index in [0.29, 0.717) is 5.01 Å². The Morgan fingerprint density at radius 2 is 2.35 bits per heavy atom. The van der Waals surface area contributed by atoms with Gasteiger partial charge < -0.3 is 5.11 Å². The molecule has 2 rings (SSSR count). The summed E-state index contributed by atoms with van der Waals surface area (Å²) < 4.78 is 1.85. The molecular weight excluding hydrogens is 238 g/mol. The number of hydrogen-bond donors (Lipinski definition) is 1. The first-order chi connectivity index (χ1) is 8.13. The normalized spacial score (nSPS) is 10.7. The molecule has 0 unspecified atom stereocenters. The zero-order valence-corrected chi connectivity index (χ0v) is 10.5. The molecular formula is C11H13N3O2S. The maximum Gasteiger partial charge on any atom is 0.355 e. The number of aromatic nitrogens is 3.